The third-order valence-corrected chi connectivity index (χ3v) is 5.32. The number of piperidine rings is 2. The lowest BCUT2D eigenvalue weighted by Crippen LogP contribution is -2.53. The summed E-state index contributed by atoms with van der Waals surface area (Å²) >= 11 is 0. The Labute approximate surface area is 159 Å². The monoisotopic (exact) mass is 373 g/mol. The number of rotatable bonds is 4. The molecule has 1 aromatic rings. The Bertz CT molecular complexity index is 723. The van der Waals surface area contributed by atoms with Crippen molar-refractivity contribution in [3.63, 3.8) is 0 Å². The van der Waals surface area contributed by atoms with Gasteiger partial charge in [-0.15, -0.1) is 0 Å². The SMILES string of the molecule is CCN1CC(C(=O)N2CCCC(NC(=O)c3cncc(N)c3)C2)CCC1=O. The van der Waals surface area contributed by atoms with Crippen LogP contribution >= 0.6 is 0 Å². The molecule has 0 spiro atoms. The number of hydrogen-bond donors (Lipinski definition) is 2. The number of anilines is 1. The Hall–Kier alpha value is -2.64. The number of carbonyl (C=O) groups is 3. The van der Waals surface area contributed by atoms with Crippen molar-refractivity contribution in [2.75, 3.05) is 31.9 Å². The van der Waals surface area contributed by atoms with E-state index in [1.54, 1.807) is 11.0 Å². The van der Waals surface area contributed by atoms with Crippen molar-refractivity contribution in [3.05, 3.63) is 24.0 Å². The summed E-state index contributed by atoms with van der Waals surface area (Å²) in [6.07, 6.45) is 5.68. The largest absolute Gasteiger partial charge is 0.397 e. The van der Waals surface area contributed by atoms with Crippen LogP contribution in [0.5, 0.6) is 0 Å². The quantitative estimate of drug-likeness (QED) is 0.805. The number of nitrogens with one attached hydrogen (secondary N) is 1. The van der Waals surface area contributed by atoms with Gasteiger partial charge < -0.3 is 20.9 Å². The van der Waals surface area contributed by atoms with Gasteiger partial charge in [-0.1, -0.05) is 0 Å². The maximum atomic E-state index is 12.9. The van der Waals surface area contributed by atoms with Gasteiger partial charge in [0.25, 0.3) is 5.91 Å². The topological polar surface area (TPSA) is 109 Å². The molecule has 0 aliphatic carbocycles. The maximum absolute atomic E-state index is 12.9. The van der Waals surface area contributed by atoms with Gasteiger partial charge in [0.1, 0.15) is 0 Å². The summed E-state index contributed by atoms with van der Waals surface area (Å²) in [6.45, 7) is 4.26. The minimum absolute atomic E-state index is 0.0884. The second kappa shape index (κ2) is 8.37. The molecule has 0 bridgehead atoms. The molecule has 0 aromatic carbocycles. The standard InChI is InChI=1S/C19H27N5O3/c1-2-23-11-13(5-6-17(23)25)19(27)24-7-3-4-16(12-24)22-18(26)14-8-15(20)10-21-9-14/h8-10,13,16H,2-7,11-12,20H2,1H3,(H,22,26). The summed E-state index contributed by atoms with van der Waals surface area (Å²) in [5.41, 5.74) is 6.54. The zero-order chi connectivity index (χ0) is 19.4. The third kappa shape index (κ3) is 4.56. The first-order valence-electron chi connectivity index (χ1n) is 9.56. The molecule has 2 unspecified atom stereocenters. The molecule has 2 aliphatic heterocycles. The number of nitrogens with zero attached hydrogens (tertiary/aromatic N) is 3. The van der Waals surface area contributed by atoms with Gasteiger partial charge in [0, 0.05) is 51.0 Å². The first kappa shape index (κ1) is 19.1. The van der Waals surface area contributed by atoms with E-state index in [9.17, 15) is 14.4 Å². The van der Waals surface area contributed by atoms with Gasteiger partial charge in [-0.25, -0.2) is 0 Å². The Balaban J connectivity index is 1.58. The zero-order valence-electron chi connectivity index (χ0n) is 15.7. The number of nitrogen functional groups attached to an aromatic ring is 1. The van der Waals surface area contributed by atoms with Gasteiger partial charge in [0.05, 0.1) is 17.2 Å². The molecule has 8 nitrogen and oxygen atoms in total. The smallest absolute Gasteiger partial charge is 0.253 e. The summed E-state index contributed by atoms with van der Waals surface area (Å²) in [5, 5.41) is 2.98. The number of aromatic nitrogens is 1. The van der Waals surface area contributed by atoms with E-state index in [0.29, 0.717) is 50.3 Å². The molecule has 0 saturated carbocycles. The molecular formula is C19H27N5O3. The van der Waals surface area contributed by atoms with Crippen LogP contribution in [0, 0.1) is 5.92 Å². The molecule has 2 aliphatic rings. The minimum Gasteiger partial charge on any atom is -0.397 e. The molecule has 2 fully saturated rings. The fourth-order valence-corrected chi connectivity index (χ4v) is 3.83. The molecule has 0 radical (unpaired) electrons. The zero-order valence-corrected chi connectivity index (χ0v) is 15.7. The van der Waals surface area contributed by atoms with Gasteiger partial charge in [-0.05, 0) is 32.3 Å². The third-order valence-electron chi connectivity index (χ3n) is 5.32. The second-order valence-electron chi connectivity index (χ2n) is 7.27. The van der Waals surface area contributed by atoms with Crippen molar-refractivity contribution in [2.45, 2.75) is 38.6 Å². The fraction of sp³-hybridized carbons (Fsp3) is 0.579. The molecule has 3 heterocycles. The fourth-order valence-electron chi connectivity index (χ4n) is 3.83. The molecule has 2 atom stereocenters. The van der Waals surface area contributed by atoms with Crippen LogP contribution in [0.15, 0.2) is 18.5 Å². The predicted octanol–water partition coefficient (Wildman–Crippen LogP) is 0.643. The van der Waals surface area contributed by atoms with Crippen molar-refractivity contribution in [2.24, 2.45) is 5.92 Å². The van der Waals surface area contributed by atoms with Gasteiger partial charge in [-0.3, -0.25) is 19.4 Å². The first-order chi connectivity index (χ1) is 13.0. The Kier molecular flexibility index (Phi) is 5.93. The number of carbonyl (C=O) groups excluding carboxylic acids is 3. The predicted molar refractivity (Wildman–Crippen MR) is 101 cm³/mol. The summed E-state index contributed by atoms with van der Waals surface area (Å²) in [5.74, 6) is -0.156. The van der Waals surface area contributed by atoms with E-state index in [2.05, 4.69) is 10.3 Å². The average Bonchev–Trinajstić information content (AvgIpc) is 2.68. The number of pyridine rings is 1. The van der Waals surface area contributed by atoms with Crippen LogP contribution in [-0.2, 0) is 9.59 Å². The van der Waals surface area contributed by atoms with Crippen LogP contribution in [0.4, 0.5) is 5.69 Å². The Morgan fingerprint density at radius 1 is 1.30 bits per heavy atom. The van der Waals surface area contributed by atoms with E-state index >= 15 is 0 Å². The van der Waals surface area contributed by atoms with Crippen LogP contribution in [0.2, 0.25) is 0 Å². The summed E-state index contributed by atoms with van der Waals surface area (Å²) in [4.78, 5) is 44.7. The van der Waals surface area contributed by atoms with E-state index in [4.69, 9.17) is 5.73 Å². The van der Waals surface area contributed by atoms with Crippen LogP contribution in [-0.4, -0.2) is 64.7 Å². The molecular weight excluding hydrogens is 346 g/mol. The molecule has 3 N–H and O–H groups in total. The van der Waals surface area contributed by atoms with Crippen molar-refractivity contribution in [1.29, 1.82) is 0 Å². The molecule has 146 valence electrons. The van der Waals surface area contributed by atoms with E-state index in [1.165, 1.54) is 12.4 Å². The van der Waals surface area contributed by atoms with E-state index in [0.717, 1.165) is 12.8 Å². The number of amides is 3. The van der Waals surface area contributed by atoms with Crippen molar-refractivity contribution < 1.29 is 14.4 Å². The summed E-state index contributed by atoms with van der Waals surface area (Å²) in [7, 11) is 0. The van der Waals surface area contributed by atoms with Gasteiger partial charge >= 0.3 is 0 Å². The lowest BCUT2D eigenvalue weighted by molar-refractivity contribution is -0.143. The normalized spacial score (nSPS) is 23.2. The van der Waals surface area contributed by atoms with Crippen molar-refractivity contribution in [1.82, 2.24) is 20.1 Å². The van der Waals surface area contributed by atoms with E-state index < -0.39 is 0 Å². The molecule has 27 heavy (non-hydrogen) atoms. The molecule has 1 aromatic heterocycles. The highest BCUT2D eigenvalue weighted by atomic mass is 16.2. The Morgan fingerprint density at radius 3 is 2.85 bits per heavy atom. The van der Waals surface area contributed by atoms with Crippen molar-refractivity contribution in [3.8, 4) is 0 Å². The highest BCUT2D eigenvalue weighted by molar-refractivity contribution is 5.94. The summed E-state index contributed by atoms with van der Waals surface area (Å²) < 4.78 is 0. The van der Waals surface area contributed by atoms with E-state index in [-0.39, 0.29) is 29.7 Å². The van der Waals surface area contributed by atoms with Crippen LogP contribution in [0.1, 0.15) is 43.0 Å². The second-order valence-corrected chi connectivity index (χ2v) is 7.27. The summed E-state index contributed by atoms with van der Waals surface area (Å²) in [6, 6.07) is 1.50. The van der Waals surface area contributed by atoms with Crippen LogP contribution in [0.3, 0.4) is 0 Å². The Morgan fingerprint density at radius 2 is 2.11 bits per heavy atom. The highest BCUT2D eigenvalue weighted by Crippen LogP contribution is 2.22. The molecule has 2 saturated heterocycles. The van der Waals surface area contributed by atoms with Gasteiger partial charge in [0.2, 0.25) is 11.8 Å². The van der Waals surface area contributed by atoms with Gasteiger partial charge in [-0.2, -0.15) is 0 Å². The number of hydrogen-bond acceptors (Lipinski definition) is 5. The average molecular weight is 373 g/mol. The lowest BCUT2D eigenvalue weighted by atomic mass is 9.94. The lowest BCUT2D eigenvalue weighted by Gasteiger charge is -2.38. The molecule has 3 rings (SSSR count). The number of nitrogens with two attached hydrogens (primary N) is 1. The molecule has 3 amide bonds. The number of likely N-dealkylation sites (tertiary alicyclic amines) is 2. The maximum Gasteiger partial charge on any atom is 0.253 e. The minimum atomic E-state index is -0.227. The van der Waals surface area contributed by atoms with Crippen LogP contribution < -0.4 is 11.1 Å². The highest BCUT2D eigenvalue weighted by Gasteiger charge is 2.34. The first-order valence-corrected chi connectivity index (χ1v) is 9.56. The van der Waals surface area contributed by atoms with E-state index in [1.807, 2.05) is 11.8 Å². The van der Waals surface area contributed by atoms with Crippen molar-refractivity contribution >= 4 is 23.4 Å². The van der Waals surface area contributed by atoms with Crippen LogP contribution in [0.25, 0.3) is 0 Å². The molecule has 8 heteroatoms. The van der Waals surface area contributed by atoms with Gasteiger partial charge in [0.15, 0.2) is 0 Å².